The Balaban J connectivity index is 1.94. The maximum Gasteiger partial charge on any atom is 0.261 e. The summed E-state index contributed by atoms with van der Waals surface area (Å²) < 4.78 is 5.84. The molecule has 0 saturated heterocycles. The molecule has 3 aromatic rings. The first kappa shape index (κ1) is 28.5. The topological polar surface area (TPSA) is 58.6 Å². The third-order valence-corrected chi connectivity index (χ3v) is 7.06. The van der Waals surface area contributed by atoms with Crippen molar-refractivity contribution in [1.29, 1.82) is 0 Å². The van der Waals surface area contributed by atoms with E-state index in [0.717, 1.165) is 18.4 Å². The fraction of sp³-hybridized carbons (Fsp3) is 0.333. The number of nitrogens with one attached hydrogen (secondary N) is 1. The molecule has 1 N–H and O–H groups in total. The number of aryl methyl sites for hydroxylation is 1. The van der Waals surface area contributed by atoms with Crippen LogP contribution in [0.4, 0.5) is 0 Å². The average Bonchev–Trinajstić information content (AvgIpc) is 2.91. The van der Waals surface area contributed by atoms with Crippen LogP contribution in [0.5, 0.6) is 5.75 Å². The summed E-state index contributed by atoms with van der Waals surface area (Å²) in [6.45, 7) is 5.86. The molecule has 7 heteroatoms. The van der Waals surface area contributed by atoms with E-state index < -0.39 is 6.04 Å². The molecule has 5 nitrogen and oxygen atoms in total. The lowest BCUT2D eigenvalue weighted by atomic mass is 10.0. The summed E-state index contributed by atoms with van der Waals surface area (Å²) in [7, 11) is 0. The first-order valence-corrected chi connectivity index (χ1v) is 13.4. The highest BCUT2D eigenvalue weighted by Gasteiger charge is 2.32. The van der Waals surface area contributed by atoms with Crippen molar-refractivity contribution in [1.82, 2.24) is 10.2 Å². The molecule has 0 radical (unpaired) electrons. The van der Waals surface area contributed by atoms with Crippen molar-refractivity contribution in [3.8, 4) is 5.75 Å². The van der Waals surface area contributed by atoms with Crippen LogP contribution in [0.3, 0.4) is 0 Å². The Morgan fingerprint density at radius 1 is 0.892 bits per heavy atom. The highest BCUT2D eigenvalue weighted by molar-refractivity contribution is 6.36. The molecule has 37 heavy (non-hydrogen) atoms. The predicted octanol–water partition coefficient (Wildman–Crippen LogP) is 6.49. The molecular weight excluding hydrogens is 507 g/mol. The molecule has 3 rings (SSSR count). The molecule has 0 bridgehead atoms. The Morgan fingerprint density at radius 2 is 1.54 bits per heavy atom. The number of rotatable bonds is 12. The normalized spacial score (nSPS) is 12.5. The Bertz CT molecular complexity index is 1150. The van der Waals surface area contributed by atoms with Crippen LogP contribution in [0.1, 0.15) is 43.9 Å². The molecule has 0 spiro atoms. The Labute approximate surface area is 229 Å². The van der Waals surface area contributed by atoms with Gasteiger partial charge in [-0.25, -0.2) is 0 Å². The monoisotopic (exact) mass is 540 g/mol. The summed E-state index contributed by atoms with van der Waals surface area (Å²) >= 11 is 13.0. The number of amides is 2. The minimum absolute atomic E-state index is 0.0417. The molecule has 196 valence electrons. The van der Waals surface area contributed by atoms with Gasteiger partial charge >= 0.3 is 0 Å². The van der Waals surface area contributed by atoms with Gasteiger partial charge in [0.15, 0.2) is 6.61 Å². The van der Waals surface area contributed by atoms with E-state index in [1.807, 2.05) is 68.4 Å². The molecule has 0 aliphatic carbocycles. The first-order valence-electron chi connectivity index (χ1n) is 12.6. The van der Waals surface area contributed by atoms with Gasteiger partial charge in [0.05, 0.1) is 0 Å². The van der Waals surface area contributed by atoms with E-state index in [1.54, 1.807) is 18.2 Å². The number of carbonyl (C=O) groups is 2. The van der Waals surface area contributed by atoms with Crippen LogP contribution in [0.2, 0.25) is 10.0 Å². The van der Waals surface area contributed by atoms with Gasteiger partial charge in [0.25, 0.3) is 5.91 Å². The lowest BCUT2D eigenvalue weighted by Crippen LogP contribution is -2.53. The molecule has 0 heterocycles. The van der Waals surface area contributed by atoms with E-state index in [2.05, 4.69) is 12.2 Å². The van der Waals surface area contributed by atoms with Crippen molar-refractivity contribution in [2.45, 2.75) is 58.7 Å². The highest BCUT2D eigenvalue weighted by atomic mass is 35.5. The number of hydrogen-bond acceptors (Lipinski definition) is 3. The van der Waals surface area contributed by atoms with Gasteiger partial charge in [-0.15, -0.1) is 0 Å². The molecule has 0 aliphatic heterocycles. The van der Waals surface area contributed by atoms with E-state index in [9.17, 15) is 9.59 Å². The maximum absolute atomic E-state index is 13.7. The van der Waals surface area contributed by atoms with Crippen molar-refractivity contribution in [3.05, 3.63) is 99.5 Å². The van der Waals surface area contributed by atoms with Crippen LogP contribution < -0.4 is 10.1 Å². The van der Waals surface area contributed by atoms with E-state index in [0.29, 0.717) is 27.8 Å². The van der Waals surface area contributed by atoms with E-state index in [-0.39, 0.29) is 31.0 Å². The molecule has 3 aromatic carbocycles. The van der Waals surface area contributed by atoms with Gasteiger partial charge < -0.3 is 15.0 Å². The average molecular weight is 542 g/mol. The van der Waals surface area contributed by atoms with Gasteiger partial charge in [0.2, 0.25) is 5.91 Å². The fourth-order valence-corrected chi connectivity index (χ4v) is 4.42. The number of benzene rings is 3. The highest BCUT2D eigenvalue weighted by Crippen LogP contribution is 2.27. The zero-order valence-corrected chi connectivity index (χ0v) is 23.1. The summed E-state index contributed by atoms with van der Waals surface area (Å²) in [5.74, 6) is 0.0164. The summed E-state index contributed by atoms with van der Waals surface area (Å²) in [5, 5.41) is 3.91. The Morgan fingerprint density at radius 3 is 2.14 bits per heavy atom. The minimum atomic E-state index is -0.790. The zero-order chi connectivity index (χ0) is 26.8. The zero-order valence-electron chi connectivity index (χ0n) is 21.5. The molecule has 2 atom stereocenters. The second kappa shape index (κ2) is 14.1. The molecular formula is C30H34Cl2N2O3. The van der Waals surface area contributed by atoms with Crippen molar-refractivity contribution < 1.29 is 14.3 Å². The van der Waals surface area contributed by atoms with Gasteiger partial charge in [0, 0.05) is 34.6 Å². The molecule has 0 aliphatic rings. The lowest BCUT2D eigenvalue weighted by Gasteiger charge is -2.32. The largest absolute Gasteiger partial charge is 0.484 e. The summed E-state index contributed by atoms with van der Waals surface area (Å²) in [6.07, 6.45) is 2.02. The Kier molecular flexibility index (Phi) is 10.8. The van der Waals surface area contributed by atoms with Crippen LogP contribution in [0.15, 0.2) is 72.8 Å². The Hall–Kier alpha value is -3.02. The van der Waals surface area contributed by atoms with Gasteiger partial charge in [-0.05, 0) is 55.2 Å². The van der Waals surface area contributed by atoms with Crippen molar-refractivity contribution in [2.75, 3.05) is 6.61 Å². The third-order valence-electron chi connectivity index (χ3n) is 6.36. The lowest BCUT2D eigenvalue weighted by molar-refractivity contribution is -0.143. The van der Waals surface area contributed by atoms with E-state index in [1.165, 1.54) is 10.5 Å². The molecule has 0 aromatic heterocycles. The fourth-order valence-electron chi connectivity index (χ4n) is 3.90. The first-order chi connectivity index (χ1) is 17.8. The number of carbonyl (C=O) groups excluding carboxylic acids is 2. The van der Waals surface area contributed by atoms with Crippen molar-refractivity contribution in [2.24, 2.45) is 0 Å². The predicted molar refractivity (Wildman–Crippen MR) is 150 cm³/mol. The molecule has 2 amide bonds. The maximum atomic E-state index is 13.7. The van der Waals surface area contributed by atoms with Crippen molar-refractivity contribution in [3.63, 3.8) is 0 Å². The van der Waals surface area contributed by atoms with E-state index in [4.69, 9.17) is 27.9 Å². The molecule has 0 unspecified atom stereocenters. The minimum Gasteiger partial charge on any atom is -0.484 e. The van der Waals surface area contributed by atoms with Crippen LogP contribution in [-0.2, 0) is 29.0 Å². The van der Waals surface area contributed by atoms with Gasteiger partial charge in [-0.2, -0.15) is 0 Å². The van der Waals surface area contributed by atoms with Gasteiger partial charge in [0.1, 0.15) is 11.8 Å². The second-order valence-corrected chi connectivity index (χ2v) is 9.85. The van der Waals surface area contributed by atoms with Crippen LogP contribution in [-0.4, -0.2) is 35.4 Å². The SMILES string of the molecule is CCc1ccc(OCC(=O)N(Cc2c(Cl)cccc2Cl)[C@H](Cc2ccccc2)C(=O)N[C@@H](C)CC)cc1. The summed E-state index contributed by atoms with van der Waals surface area (Å²) in [4.78, 5) is 28.8. The summed E-state index contributed by atoms with van der Waals surface area (Å²) in [5.41, 5.74) is 2.70. The smallest absolute Gasteiger partial charge is 0.261 e. The number of ether oxygens (including phenoxy) is 1. The van der Waals surface area contributed by atoms with Crippen LogP contribution in [0.25, 0.3) is 0 Å². The number of hydrogen-bond donors (Lipinski definition) is 1. The van der Waals surface area contributed by atoms with Crippen LogP contribution >= 0.6 is 23.2 Å². The molecule has 0 saturated carbocycles. The molecule has 0 fully saturated rings. The quantitative estimate of drug-likeness (QED) is 0.285. The standard InChI is InChI=1S/C30H34Cl2N2O3/c1-4-21(3)33-30(36)28(18-23-10-7-6-8-11-23)34(19-25-26(31)12-9-13-27(25)32)29(35)20-37-24-16-14-22(5-2)15-17-24/h6-17,21,28H,4-5,18-20H2,1-3H3,(H,33,36)/t21-,28+/m0/s1. The van der Waals surface area contributed by atoms with Crippen LogP contribution in [0, 0.1) is 0 Å². The van der Waals surface area contributed by atoms with E-state index >= 15 is 0 Å². The van der Waals surface area contributed by atoms with Gasteiger partial charge in [-0.1, -0.05) is 85.6 Å². The van der Waals surface area contributed by atoms with Gasteiger partial charge in [-0.3, -0.25) is 9.59 Å². The summed E-state index contributed by atoms with van der Waals surface area (Å²) in [6, 6.07) is 21.6. The number of nitrogens with zero attached hydrogens (tertiary/aromatic N) is 1. The third kappa shape index (κ3) is 8.24. The van der Waals surface area contributed by atoms with Crippen molar-refractivity contribution >= 4 is 35.0 Å². The number of halogens is 2. The second-order valence-electron chi connectivity index (χ2n) is 9.03.